The third-order valence-electron chi connectivity index (χ3n) is 3.43. The highest BCUT2D eigenvalue weighted by Crippen LogP contribution is 2.17. The molecule has 3 rings (SSSR count). The topological polar surface area (TPSA) is 51.0 Å². The Hall–Kier alpha value is -2.54. The van der Waals surface area contributed by atoms with Crippen molar-refractivity contribution in [3.63, 3.8) is 0 Å². The molecule has 0 spiro atoms. The molecule has 0 saturated carbocycles. The van der Waals surface area contributed by atoms with Gasteiger partial charge in [0.15, 0.2) is 5.69 Å². The van der Waals surface area contributed by atoms with E-state index in [9.17, 15) is 9.18 Å². The molecule has 0 saturated heterocycles. The van der Waals surface area contributed by atoms with E-state index < -0.39 is 0 Å². The van der Waals surface area contributed by atoms with Crippen LogP contribution >= 0.6 is 15.9 Å². The molecular formula is C17H14BrFN4O. The summed E-state index contributed by atoms with van der Waals surface area (Å²) in [6.07, 6.45) is 3.27. The summed E-state index contributed by atoms with van der Waals surface area (Å²) in [7, 11) is 0. The van der Waals surface area contributed by atoms with Crippen molar-refractivity contribution in [2.24, 2.45) is 0 Å². The summed E-state index contributed by atoms with van der Waals surface area (Å²) in [5, 5.41) is 4.26. The largest absolute Gasteiger partial charge is 0.292 e. The standard InChI is InChI=1S/C17H14BrFN4O/c1-2-22(16-7-6-12(18)11-20-16)17(24)15-8-9-23(21-15)14-5-3-4-13(19)10-14/h3-11H,2H2,1H3. The number of halogens is 2. The third kappa shape index (κ3) is 3.35. The molecule has 0 aliphatic carbocycles. The summed E-state index contributed by atoms with van der Waals surface area (Å²) in [6, 6.07) is 11.2. The Kier molecular flexibility index (Phi) is 4.71. The number of anilines is 1. The van der Waals surface area contributed by atoms with E-state index in [1.54, 1.807) is 36.7 Å². The van der Waals surface area contributed by atoms with Crippen LogP contribution < -0.4 is 4.90 Å². The zero-order valence-electron chi connectivity index (χ0n) is 12.9. The van der Waals surface area contributed by atoms with Gasteiger partial charge < -0.3 is 0 Å². The van der Waals surface area contributed by atoms with E-state index in [0.717, 1.165) is 4.47 Å². The van der Waals surface area contributed by atoms with Crippen molar-refractivity contribution >= 4 is 27.7 Å². The number of amides is 1. The van der Waals surface area contributed by atoms with Gasteiger partial charge in [-0.25, -0.2) is 14.1 Å². The summed E-state index contributed by atoms with van der Waals surface area (Å²) in [4.78, 5) is 18.5. The molecule has 3 aromatic rings. The highest BCUT2D eigenvalue weighted by Gasteiger charge is 2.19. The minimum absolute atomic E-state index is 0.262. The Bertz CT molecular complexity index is 863. The summed E-state index contributed by atoms with van der Waals surface area (Å²) in [5.74, 6) is -0.0707. The second-order valence-corrected chi connectivity index (χ2v) is 5.93. The summed E-state index contributed by atoms with van der Waals surface area (Å²) >= 11 is 3.32. The molecule has 2 aromatic heterocycles. The van der Waals surface area contributed by atoms with E-state index in [1.165, 1.54) is 21.7 Å². The molecule has 0 N–H and O–H groups in total. The van der Waals surface area contributed by atoms with Crippen LogP contribution in [0.3, 0.4) is 0 Å². The van der Waals surface area contributed by atoms with Crippen molar-refractivity contribution in [3.05, 3.63) is 70.8 Å². The van der Waals surface area contributed by atoms with E-state index in [-0.39, 0.29) is 17.4 Å². The van der Waals surface area contributed by atoms with Crippen LogP contribution in [0, 0.1) is 5.82 Å². The van der Waals surface area contributed by atoms with Crippen LogP contribution in [0.2, 0.25) is 0 Å². The number of carbonyl (C=O) groups is 1. The zero-order valence-corrected chi connectivity index (χ0v) is 14.4. The lowest BCUT2D eigenvalue weighted by atomic mass is 10.3. The second kappa shape index (κ2) is 6.92. The van der Waals surface area contributed by atoms with Gasteiger partial charge in [0.25, 0.3) is 5.91 Å². The Morgan fingerprint density at radius 3 is 2.79 bits per heavy atom. The zero-order chi connectivity index (χ0) is 17.1. The van der Waals surface area contributed by atoms with Crippen LogP contribution in [0.15, 0.2) is 59.3 Å². The Balaban J connectivity index is 1.88. The first-order valence-electron chi connectivity index (χ1n) is 7.33. The molecule has 0 bridgehead atoms. The van der Waals surface area contributed by atoms with E-state index >= 15 is 0 Å². The molecule has 122 valence electrons. The normalized spacial score (nSPS) is 10.6. The Morgan fingerprint density at radius 1 is 1.29 bits per heavy atom. The first-order chi connectivity index (χ1) is 11.6. The first kappa shape index (κ1) is 16.3. The summed E-state index contributed by atoms with van der Waals surface area (Å²) < 4.78 is 15.6. The Labute approximate surface area is 146 Å². The third-order valence-corrected chi connectivity index (χ3v) is 3.90. The Morgan fingerprint density at radius 2 is 2.12 bits per heavy atom. The average Bonchev–Trinajstić information content (AvgIpc) is 3.07. The van der Waals surface area contributed by atoms with Gasteiger partial charge in [-0.05, 0) is 59.3 Å². The van der Waals surface area contributed by atoms with Gasteiger partial charge in [-0.15, -0.1) is 0 Å². The second-order valence-electron chi connectivity index (χ2n) is 5.01. The van der Waals surface area contributed by atoms with Crippen molar-refractivity contribution in [3.8, 4) is 5.69 Å². The first-order valence-corrected chi connectivity index (χ1v) is 8.13. The van der Waals surface area contributed by atoms with Crippen LogP contribution in [0.4, 0.5) is 10.2 Å². The molecule has 1 aromatic carbocycles. The van der Waals surface area contributed by atoms with E-state index in [4.69, 9.17) is 0 Å². The predicted octanol–water partition coefficient (Wildman–Crippen LogP) is 3.84. The van der Waals surface area contributed by atoms with E-state index in [1.807, 2.05) is 13.0 Å². The van der Waals surface area contributed by atoms with Gasteiger partial charge in [0, 0.05) is 23.4 Å². The molecule has 0 aliphatic heterocycles. The number of hydrogen-bond acceptors (Lipinski definition) is 3. The fourth-order valence-corrected chi connectivity index (χ4v) is 2.51. The molecule has 2 heterocycles. The van der Waals surface area contributed by atoms with E-state index in [0.29, 0.717) is 18.1 Å². The molecule has 5 nitrogen and oxygen atoms in total. The maximum absolute atomic E-state index is 13.3. The van der Waals surface area contributed by atoms with Gasteiger partial charge in [0.2, 0.25) is 0 Å². The molecule has 0 fully saturated rings. The monoisotopic (exact) mass is 388 g/mol. The molecule has 0 aliphatic rings. The maximum atomic E-state index is 13.3. The SMILES string of the molecule is CCN(C(=O)c1ccn(-c2cccc(F)c2)n1)c1ccc(Br)cn1. The molecule has 1 amide bonds. The average molecular weight is 389 g/mol. The number of hydrogen-bond donors (Lipinski definition) is 0. The lowest BCUT2D eigenvalue weighted by molar-refractivity contribution is 0.0982. The van der Waals surface area contributed by atoms with Crippen molar-refractivity contribution in [2.75, 3.05) is 11.4 Å². The smallest absolute Gasteiger partial charge is 0.279 e. The van der Waals surface area contributed by atoms with Gasteiger partial charge in [-0.1, -0.05) is 6.07 Å². The molecule has 0 atom stereocenters. The number of pyridine rings is 1. The minimum Gasteiger partial charge on any atom is -0.292 e. The number of aromatic nitrogens is 3. The highest BCUT2D eigenvalue weighted by atomic mass is 79.9. The van der Waals surface area contributed by atoms with Gasteiger partial charge in [0.1, 0.15) is 11.6 Å². The number of benzene rings is 1. The van der Waals surface area contributed by atoms with Gasteiger partial charge in [0.05, 0.1) is 5.69 Å². The number of carbonyl (C=O) groups excluding carboxylic acids is 1. The minimum atomic E-state index is -0.356. The molecule has 0 unspecified atom stereocenters. The highest BCUT2D eigenvalue weighted by molar-refractivity contribution is 9.10. The van der Waals surface area contributed by atoms with Crippen LogP contribution in [-0.2, 0) is 0 Å². The number of rotatable bonds is 4. The predicted molar refractivity (Wildman–Crippen MR) is 92.8 cm³/mol. The van der Waals surface area contributed by atoms with Gasteiger partial charge >= 0.3 is 0 Å². The molecule has 24 heavy (non-hydrogen) atoms. The van der Waals surface area contributed by atoms with Crippen molar-refractivity contribution < 1.29 is 9.18 Å². The van der Waals surface area contributed by atoms with Gasteiger partial charge in [-0.3, -0.25) is 9.69 Å². The molecule has 7 heteroatoms. The fraction of sp³-hybridized carbons (Fsp3) is 0.118. The lowest BCUT2D eigenvalue weighted by Crippen LogP contribution is -2.31. The van der Waals surface area contributed by atoms with Crippen LogP contribution in [0.25, 0.3) is 5.69 Å². The quantitative estimate of drug-likeness (QED) is 0.682. The number of nitrogens with zero attached hydrogens (tertiary/aromatic N) is 4. The van der Waals surface area contributed by atoms with Crippen molar-refractivity contribution in [2.45, 2.75) is 6.92 Å². The molecule has 0 radical (unpaired) electrons. The summed E-state index contributed by atoms with van der Waals surface area (Å²) in [6.45, 7) is 2.32. The van der Waals surface area contributed by atoms with E-state index in [2.05, 4.69) is 26.0 Å². The molecular weight excluding hydrogens is 375 g/mol. The van der Waals surface area contributed by atoms with Crippen molar-refractivity contribution in [1.29, 1.82) is 0 Å². The summed E-state index contributed by atoms with van der Waals surface area (Å²) in [5.41, 5.74) is 0.824. The fourth-order valence-electron chi connectivity index (χ4n) is 2.28. The van der Waals surface area contributed by atoms with Crippen molar-refractivity contribution in [1.82, 2.24) is 14.8 Å². The lowest BCUT2D eigenvalue weighted by Gasteiger charge is -2.18. The van der Waals surface area contributed by atoms with Crippen LogP contribution in [-0.4, -0.2) is 27.2 Å². The van der Waals surface area contributed by atoms with Gasteiger partial charge in [-0.2, -0.15) is 5.10 Å². The maximum Gasteiger partial charge on any atom is 0.279 e. The van der Waals surface area contributed by atoms with Crippen LogP contribution in [0.1, 0.15) is 17.4 Å². The van der Waals surface area contributed by atoms with Crippen LogP contribution in [0.5, 0.6) is 0 Å².